The molecule has 0 radical (unpaired) electrons. The van der Waals surface area contributed by atoms with Crippen LogP contribution in [0.3, 0.4) is 0 Å². The van der Waals surface area contributed by atoms with Gasteiger partial charge in [0.05, 0.1) is 12.5 Å². The van der Waals surface area contributed by atoms with Gasteiger partial charge in [-0.3, -0.25) is 4.79 Å². The number of carbonyl (C=O) groups excluding carboxylic acids is 1. The van der Waals surface area contributed by atoms with Crippen molar-refractivity contribution in [2.24, 2.45) is 5.92 Å². The van der Waals surface area contributed by atoms with E-state index in [0.717, 1.165) is 19.3 Å². The molecule has 0 heterocycles. The van der Waals surface area contributed by atoms with Crippen molar-refractivity contribution < 1.29 is 14.3 Å². The molecule has 3 heteroatoms. The average molecular weight is 250 g/mol. The fraction of sp³-hybridized carbons (Fsp3) is 0.533. The van der Waals surface area contributed by atoms with Crippen molar-refractivity contribution in [3.8, 4) is 11.5 Å². The Balaban J connectivity index is 2.74. The first-order chi connectivity index (χ1) is 8.72. The summed E-state index contributed by atoms with van der Waals surface area (Å²) in [6, 6.07) is 7.28. The number of hydrogen-bond acceptors (Lipinski definition) is 3. The summed E-state index contributed by atoms with van der Waals surface area (Å²) in [6.45, 7) is 6.55. The molecule has 1 rings (SSSR count). The monoisotopic (exact) mass is 250 g/mol. The number of para-hydroxylation sites is 2. The molecule has 18 heavy (non-hydrogen) atoms. The maximum absolute atomic E-state index is 12.0. The third kappa shape index (κ3) is 4.06. The maximum Gasteiger partial charge on any atom is 0.314 e. The van der Waals surface area contributed by atoms with Gasteiger partial charge < -0.3 is 9.47 Å². The smallest absolute Gasteiger partial charge is 0.314 e. The van der Waals surface area contributed by atoms with E-state index in [1.165, 1.54) is 0 Å². The molecule has 0 aromatic heterocycles. The number of hydrogen-bond donors (Lipinski definition) is 0. The van der Waals surface area contributed by atoms with Crippen LogP contribution in [0.5, 0.6) is 11.5 Å². The van der Waals surface area contributed by atoms with E-state index in [4.69, 9.17) is 9.47 Å². The van der Waals surface area contributed by atoms with Gasteiger partial charge in [0.25, 0.3) is 0 Å². The fourth-order valence-corrected chi connectivity index (χ4v) is 1.84. The van der Waals surface area contributed by atoms with Crippen molar-refractivity contribution in [1.29, 1.82) is 0 Å². The highest BCUT2D eigenvalue weighted by atomic mass is 16.6. The highest BCUT2D eigenvalue weighted by molar-refractivity contribution is 5.75. The summed E-state index contributed by atoms with van der Waals surface area (Å²) >= 11 is 0. The summed E-state index contributed by atoms with van der Waals surface area (Å²) in [5, 5.41) is 0. The zero-order chi connectivity index (χ0) is 13.4. The molecule has 0 aliphatic rings. The van der Waals surface area contributed by atoms with Crippen molar-refractivity contribution in [2.45, 2.75) is 40.0 Å². The summed E-state index contributed by atoms with van der Waals surface area (Å²) in [5.74, 6) is 0.954. The lowest BCUT2D eigenvalue weighted by Gasteiger charge is -2.15. The molecule has 1 atom stereocenters. The predicted molar refractivity (Wildman–Crippen MR) is 71.9 cm³/mol. The van der Waals surface area contributed by atoms with Gasteiger partial charge in [-0.05, 0) is 31.9 Å². The van der Waals surface area contributed by atoms with E-state index < -0.39 is 0 Å². The van der Waals surface area contributed by atoms with Crippen molar-refractivity contribution in [2.75, 3.05) is 6.61 Å². The molecule has 0 saturated heterocycles. The van der Waals surface area contributed by atoms with E-state index in [9.17, 15) is 4.79 Å². The molecule has 1 aromatic carbocycles. The molecular weight excluding hydrogens is 228 g/mol. The van der Waals surface area contributed by atoms with Gasteiger partial charge in [0, 0.05) is 0 Å². The highest BCUT2D eigenvalue weighted by Gasteiger charge is 2.19. The zero-order valence-corrected chi connectivity index (χ0v) is 11.4. The van der Waals surface area contributed by atoms with E-state index >= 15 is 0 Å². The van der Waals surface area contributed by atoms with Crippen molar-refractivity contribution >= 4 is 5.97 Å². The largest absolute Gasteiger partial charge is 0.490 e. The third-order valence-electron chi connectivity index (χ3n) is 2.82. The minimum atomic E-state index is -0.161. The van der Waals surface area contributed by atoms with Crippen molar-refractivity contribution in [3.63, 3.8) is 0 Å². The standard InChI is InChI=1S/C15H22O3/c1-4-9-12(5-2)15(16)18-14-11-8-7-10-13(14)17-6-3/h7-8,10-12H,4-6,9H2,1-3H3. The van der Waals surface area contributed by atoms with Gasteiger partial charge >= 0.3 is 5.97 Å². The molecule has 0 fully saturated rings. The Kier molecular flexibility index (Phi) is 6.26. The second-order valence-electron chi connectivity index (χ2n) is 4.19. The maximum atomic E-state index is 12.0. The quantitative estimate of drug-likeness (QED) is 0.545. The molecule has 100 valence electrons. The summed E-state index contributed by atoms with van der Waals surface area (Å²) < 4.78 is 10.9. The van der Waals surface area contributed by atoms with Gasteiger partial charge in [-0.2, -0.15) is 0 Å². The summed E-state index contributed by atoms with van der Waals surface area (Å²) in [7, 11) is 0. The lowest BCUT2D eigenvalue weighted by atomic mass is 10.0. The predicted octanol–water partition coefficient (Wildman–Crippen LogP) is 3.82. The topological polar surface area (TPSA) is 35.5 Å². The number of carbonyl (C=O) groups is 1. The number of ether oxygens (including phenoxy) is 2. The molecule has 0 saturated carbocycles. The van der Waals surface area contributed by atoms with Crippen LogP contribution >= 0.6 is 0 Å². The van der Waals surface area contributed by atoms with E-state index in [0.29, 0.717) is 18.1 Å². The van der Waals surface area contributed by atoms with Crippen LogP contribution < -0.4 is 9.47 Å². The number of esters is 1. The molecule has 0 bridgehead atoms. The zero-order valence-electron chi connectivity index (χ0n) is 11.4. The van der Waals surface area contributed by atoms with E-state index in [-0.39, 0.29) is 11.9 Å². The van der Waals surface area contributed by atoms with Crippen LogP contribution in [0.15, 0.2) is 24.3 Å². The van der Waals surface area contributed by atoms with Crippen LogP contribution in [0.25, 0.3) is 0 Å². The van der Waals surface area contributed by atoms with E-state index in [2.05, 4.69) is 6.92 Å². The van der Waals surface area contributed by atoms with Crippen LogP contribution in [0.2, 0.25) is 0 Å². The van der Waals surface area contributed by atoms with Crippen LogP contribution in [0, 0.1) is 5.92 Å². The van der Waals surface area contributed by atoms with Gasteiger partial charge in [0.1, 0.15) is 0 Å². The first-order valence-corrected chi connectivity index (χ1v) is 6.66. The van der Waals surface area contributed by atoms with Gasteiger partial charge in [-0.1, -0.05) is 32.4 Å². The normalized spacial score (nSPS) is 11.9. The van der Waals surface area contributed by atoms with Crippen molar-refractivity contribution in [1.82, 2.24) is 0 Å². The fourth-order valence-electron chi connectivity index (χ4n) is 1.84. The van der Waals surface area contributed by atoms with Crippen LogP contribution in [-0.4, -0.2) is 12.6 Å². The second-order valence-corrected chi connectivity index (χ2v) is 4.19. The Morgan fingerprint density at radius 2 is 1.83 bits per heavy atom. The highest BCUT2D eigenvalue weighted by Crippen LogP contribution is 2.28. The van der Waals surface area contributed by atoms with Gasteiger partial charge in [-0.15, -0.1) is 0 Å². The Labute approximate surface area is 109 Å². The summed E-state index contributed by atoms with van der Waals surface area (Å²) in [6.07, 6.45) is 2.66. The molecule has 0 spiro atoms. The SMILES string of the molecule is CCCC(CC)C(=O)Oc1ccccc1OCC. The summed E-state index contributed by atoms with van der Waals surface area (Å²) in [4.78, 5) is 12.0. The molecule has 1 aromatic rings. The molecule has 0 N–H and O–H groups in total. The van der Waals surface area contributed by atoms with Gasteiger partial charge in [0.2, 0.25) is 0 Å². The minimum absolute atomic E-state index is 0.0234. The average Bonchev–Trinajstić information content (AvgIpc) is 2.38. The van der Waals surface area contributed by atoms with Crippen molar-refractivity contribution in [3.05, 3.63) is 24.3 Å². The first-order valence-electron chi connectivity index (χ1n) is 6.66. The Morgan fingerprint density at radius 1 is 1.17 bits per heavy atom. The van der Waals surface area contributed by atoms with Crippen LogP contribution in [-0.2, 0) is 4.79 Å². The lowest BCUT2D eigenvalue weighted by molar-refractivity contribution is -0.139. The van der Waals surface area contributed by atoms with E-state index in [1.807, 2.05) is 32.0 Å². The third-order valence-corrected chi connectivity index (χ3v) is 2.82. The van der Waals surface area contributed by atoms with Gasteiger partial charge in [-0.25, -0.2) is 0 Å². The number of benzene rings is 1. The van der Waals surface area contributed by atoms with Gasteiger partial charge in [0.15, 0.2) is 11.5 Å². The second kappa shape index (κ2) is 7.75. The van der Waals surface area contributed by atoms with E-state index in [1.54, 1.807) is 6.07 Å². The molecule has 3 nitrogen and oxygen atoms in total. The van der Waals surface area contributed by atoms with Crippen LogP contribution in [0.1, 0.15) is 40.0 Å². The summed E-state index contributed by atoms with van der Waals surface area (Å²) in [5.41, 5.74) is 0. The minimum Gasteiger partial charge on any atom is -0.490 e. The lowest BCUT2D eigenvalue weighted by Crippen LogP contribution is -2.20. The molecular formula is C15H22O3. The molecule has 0 amide bonds. The Hall–Kier alpha value is -1.51. The number of rotatable bonds is 7. The van der Waals surface area contributed by atoms with Crippen LogP contribution in [0.4, 0.5) is 0 Å². The molecule has 1 unspecified atom stereocenters. The molecule has 0 aliphatic carbocycles. The first kappa shape index (κ1) is 14.6. The Bertz CT molecular complexity index is 374. The Morgan fingerprint density at radius 3 is 2.39 bits per heavy atom. The molecule has 0 aliphatic heterocycles.